The fraction of sp³-hybridized carbons (Fsp3) is 0.588. The van der Waals surface area contributed by atoms with Crippen molar-refractivity contribution in [1.82, 2.24) is 4.90 Å². The first-order valence-electron chi connectivity index (χ1n) is 7.81. The van der Waals surface area contributed by atoms with Crippen LogP contribution in [0, 0.1) is 6.92 Å². The van der Waals surface area contributed by atoms with Gasteiger partial charge >= 0.3 is 5.97 Å². The minimum Gasteiger partial charge on any atom is -0.465 e. The second-order valence-electron chi connectivity index (χ2n) is 6.03. The van der Waals surface area contributed by atoms with Gasteiger partial charge in [0.2, 0.25) is 0 Å². The van der Waals surface area contributed by atoms with Gasteiger partial charge in [-0.25, -0.2) is 4.79 Å². The first-order valence-corrected chi connectivity index (χ1v) is 8.19. The van der Waals surface area contributed by atoms with Crippen molar-refractivity contribution >= 4 is 23.3 Å². The van der Waals surface area contributed by atoms with Crippen molar-refractivity contribution in [2.45, 2.75) is 45.2 Å². The molecule has 1 fully saturated rings. The summed E-state index contributed by atoms with van der Waals surface area (Å²) >= 11 is 6.16. The summed E-state index contributed by atoms with van der Waals surface area (Å²) in [6.45, 7) is 5.24. The summed E-state index contributed by atoms with van der Waals surface area (Å²) in [7, 11) is 3.57. The molecule has 2 rings (SSSR count). The van der Waals surface area contributed by atoms with Crippen LogP contribution < -0.4 is 5.32 Å². The van der Waals surface area contributed by atoms with Gasteiger partial charge in [-0.2, -0.15) is 0 Å². The zero-order chi connectivity index (χ0) is 16.3. The molecule has 122 valence electrons. The highest BCUT2D eigenvalue weighted by molar-refractivity contribution is 6.31. The van der Waals surface area contributed by atoms with E-state index in [9.17, 15) is 4.79 Å². The number of ether oxygens (including phenoxy) is 1. The normalized spacial score (nSPS) is 22.4. The van der Waals surface area contributed by atoms with Gasteiger partial charge in [0.15, 0.2) is 0 Å². The Balaban J connectivity index is 2.19. The van der Waals surface area contributed by atoms with E-state index in [-0.39, 0.29) is 5.97 Å². The van der Waals surface area contributed by atoms with Gasteiger partial charge in [-0.3, -0.25) is 0 Å². The Labute approximate surface area is 137 Å². The molecule has 0 aliphatic carbocycles. The molecule has 1 aromatic carbocycles. The molecule has 0 spiro atoms. The Hall–Kier alpha value is -1.26. The third kappa shape index (κ3) is 3.73. The van der Waals surface area contributed by atoms with Crippen molar-refractivity contribution < 1.29 is 9.53 Å². The molecule has 1 aromatic rings. The maximum Gasteiger partial charge on any atom is 0.338 e. The van der Waals surface area contributed by atoms with E-state index in [1.165, 1.54) is 7.11 Å². The molecule has 1 aliphatic rings. The molecule has 0 amide bonds. The van der Waals surface area contributed by atoms with Gasteiger partial charge < -0.3 is 15.0 Å². The highest BCUT2D eigenvalue weighted by atomic mass is 35.5. The molecular weight excluding hydrogens is 300 g/mol. The van der Waals surface area contributed by atoms with Gasteiger partial charge in [-0.15, -0.1) is 0 Å². The van der Waals surface area contributed by atoms with Gasteiger partial charge in [-0.1, -0.05) is 18.5 Å². The molecule has 0 saturated carbocycles. The lowest BCUT2D eigenvalue weighted by molar-refractivity contribution is 0.0600. The maximum atomic E-state index is 11.9. The fourth-order valence-corrected chi connectivity index (χ4v) is 3.37. The number of nitrogens with zero attached hydrogens (tertiary/aromatic N) is 1. The van der Waals surface area contributed by atoms with E-state index < -0.39 is 0 Å². The lowest BCUT2D eigenvalue weighted by atomic mass is 9.95. The van der Waals surface area contributed by atoms with Gasteiger partial charge in [0.1, 0.15) is 0 Å². The van der Waals surface area contributed by atoms with E-state index in [2.05, 4.69) is 24.2 Å². The van der Waals surface area contributed by atoms with Crippen molar-refractivity contribution in [2.24, 2.45) is 0 Å². The number of hydrogen-bond acceptors (Lipinski definition) is 4. The number of likely N-dealkylation sites (tertiary alicyclic amines) is 1. The Morgan fingerprint density at radius 3 is 2.86 bits per heavy atom. The highest BCUT2D eigenvalue weighted by Crippen LogP contribution is 2.28. The van der Waals surface area contributed by atoms with Crippen LogP contribution in [0.3, 0.4) is 0 Å². The Kier molecular flexibility index (Phi) is 5.70. The number of hydrogen-bond donors (Lipinski definition) is 1. The topological polar surface area (TPSA) is 41.6 Å². The minimum atomic E-state index is -0.349. The number of methoxy groups -OCH3 is 1. The van der Waals surface area contributed by atoms with Crippen molar-refractivity contribution in [3.8, 4) is 0 Å². The molecule has 2 atom stereocenters. The van der Waals surface area contributed by atoms with Crippen molar-refractivity contribution in [1.29, 1.82) is 0 Å². The van der Waals surface area contributed by atoms with Gasteiger partial charge in [0, 0.05) is 29.3 Å². The average molecular weight is 325 g/mol. The van der Waals surface area contributed by atoms with Crippen LogP contribution in [0.25, 0.3) is 0 Å². The zero-order valence-corrected chi connectivity index (χ0v) is 14.5. The molecule has 5 heteroatoms. The fourth-order valence-electron chi connectivity index (χ4n) is 3.15. The van der Waals surface area contributed by atoms with Crippen LogP contribution in [-0.2, 0) is 4.74 Å². The highest BCUT2D eigenvalue weighted by Gasteiger charge is 2.25. The van der Waals surface area contributed by atoms with E-state index in [1.54, 1.807) is 6.07 Å². The largest absolute Gasteiger partial charge is 0.465 e. The molecule has 1 N–H and O–H groups in total. The standard InChI is InChI=1S/C17H25ClN2O2/c1-5-14-10-13(6-7-20(14)3)19-16-9-12(18)8-15(11(16)2)17(21)22-4/h8-9,13-14,19H,5-7,10H2,1-4H3. The number of rotatable bonds is 4. The third-order valence-corrected chi connectivity index (χ3v) is 4.84. The minimum absolute atomic E-state index is 0.349. The number of carbonyl (C=O) groups excluding carboxylic acids is 1. The molecule has 22 heavy (non-hydrogen) atoms. The lowest BCUT2D eigenvalue weighted by Crippen LogP contribution is -2.44. The van der Waals surface area contributed by atoms with Gasteiger partial charge in [0.25, 0.3) is 0 Å². The predicted molar refractivity (Wildman–Crippen MR) is 90.9 cm³/mol. The van der Waals surface area contributed by atoms with Gasteiger partial charge in [-0.05, 0) is 50.9 Å². The van der Waals surface area contributed by atoms with Crippen molar-refractivity contribution in [3.63, 3.8) is 0 Å². The van der Waals surface area contributed by atoms with Crippen LogP contribution in [-0.4, -0.2) is 43.7 Å². The summed E-state index contributed by atoms with van der Waals surface area (Å²) < 4.78 is 4.83. The number of piperidine rings is 1. The SMILES string of the molecule is CCC1CC(Nc2cc(Cl)cc(C(=O)OC)c2C)CCN1C. The van der Waals surface area contributed by atoms with E-state index in [0.29, 0.717) is 22.7 Å². The summed E-state index contributed by atoms with van der Waals surface area (Å²) in [5.41, 5.74) is 2.35. The summed E-state index contributed by atoms with van der Waals surface area (Å²) in [6, 6.07) is 4.56. The van der Waals surface area contributed by atoms with Crippen LogP contribution in [0.15, 0.2) is 12.1 Å². The number of esters is 1. The summed E-state index contributed by atoms with van der Waals surface area (Å²) in [5, 5.41) is 4.12. The Bertz CT molecular complexity index is 548. The number of nitrogens with one attached hydrogen (secondary N) is 1. The molecule has 1 aliphatic heterocycles. The zero-order valence-electron chi connectivity index (χ0n) is 13.8. The Morgan fingerprint density at radius 1 is 1.50 bits per heavy atom. The lowest BCUT2D eigenvalue weighted by Gasteiger charge is -2.37. The maximum absolute atomic E-state index is 11.9. The van der Waals surface area contributed by atoms with Crippen LogP contribution in [0.4, 0.5) is 5.69 Å². The first kappa shape index (κ1) is 17.1. The number of benzene rings is 1. The number of anilines is 1. The summed E-state index contributed by atoms with van der Waals surface area (Å²) in [4.78, 5) is 14.3. The molecule has 0 bridgehead atoms. The van der Waals surface area contributed by atoms with Crippen LogP contribution >= 0.6 is 11.6 Å². The second-order valence-corrected chi connectivity index (χ2v) is 6.46. The van der Waals surface area contributed by atoms with Crippen LogP contribution in [0.5, 0.6) is 0 Å². The molecule has 2 unspecified atom stereocenters. The number of carbonyl (C=O) groups is 1. The van der Waals surface area contributed by atoms with Crippen LogP contribution in [0.1, 0.15) is 42.1 Å². The van der Waals surface area contributed by atoms with Crippen molar-refractivity contribution in [2.75, 3.05) is 26.0 Å². The molecular formula is C17H25ClN2O2. The first-order chi connectivity index (χ1) is 10.5. The second kappa shape index (κ2) is 7.34. The summed E-state index contributed by atoms with van der Waals surface area (Å²) in [6.07, 6.45) is 3.34. The number of halogens is 1. The van der Waals surface area contributed by atoms with Gasteiger partial charge in [0.05, 0.1) is 12.7 Å². The van der Waals surface area contributed by atoms with E-state index in [4.69, 9.17) is 16.3 Å². The summed E-state index contributed by atoms with van der Waals surface area (Å²) in [5.74, 6) is -0.349. The molecule has 0 aromatic heterocycles. The predicted octanol–water partition coefficient (Wildman–Crippen LogP) is 3.72. The molecule has 0 radical (unpaired) electrons. The smallest absolute Gasteiger partial charge is 0.338 e. The third-order valence-electron chi connectivity index (χ3n) is 4.62. The van der Waals surface area contributed by atoms with E-state index >= 15 is 0 Å². The van der Waals surface area contributed by atoms with E-state index in [0.717, 1.165) is 37.1 Å². The molecule has 1 heterocycles. The van der Waals surface area contributed by atoms with E-state index in [1.807, 2.05) is 13.0 Å². The average Bonchev–Trinajstić information content (AvgIpc) is 2.51. The van der Waals surface area contributed by atoms with Crippen molar-refractivity contribution in [3.05, 3.63) is 28.3 Å². The van der Waals surface area contributed by atoms with Crippen LogP contribution in [0.2, 0.25) is 5.02 Å². The molecule has 1 saturated heterocycles. The quantitative estimate of drug-likeness (QED) is 0.857. The molecule has 4 nitrogen and oxygen atoms in total. The monoisotopic (exact) mass is 324 g/mol. The Morgan fingerprint density at radius 2 is 2.23 bits per heavy atom.